The second kappa shape index (κ2) is 7.79. The molecule has 32 heavy (non-hydrogen) atoms. The smallest absolute Gasteiger partial charge is 0.335 e. The summed E-state index contributed by atoms with van der Waals surface area (Å²) in [6.45, 7) is 2.80. The van der Waals surface area contributed by atoms with Gasteiger partial charge in [-0.05, 0) is 55.2 Å². The van der Waals surface area contributed by atoms with Gasteiger partial charge in [-0.15, -0.1) is 0 Å². The summed E-state index contributed by atoms with van der Waals surface area (Å²) in [4.78, 5) is 24.7. The molecular formula is C28H25NO3. The van der Waals surface area contributed by atoms with Gasteiger partial charge in [0.25, 0.3) is 0 Å². The van der Waals surface area contributed by atoms with Gasteiger partial charge in [0, 0.05) is 35.5 Å². The molecule has 1 aliphatic rings. The molecule has 0 spiro atoms. The van der Waals surface area contributed by atoms with Crippen LogP contribution in [0, 0.1) is 6.92 Å². The summed E-state index contributed by atoms with van der Waals surface area (Å²) in [7, 11) is 0. The zero-order chi connectivity index (χ0) is 22.3. The fourth-order valence-electron chi connectivity index (χ4n) is 4.60. The molecular weight excluding hydrogens is 398 g/mol. The number of para-hydroxylation sites is 1. The zero-order valence-corrected chi connectivity index (χ0v) is 18.0. The van der Waals surface area contributed by atoms with Crippen LogP contribution in [0.5, 0.6) is 0 Å². The largest absolute Gasteiger partial charge is 0.478 e. The Bertz CT molecular complexity index is 1310. The van der Waals surface area contributed by atoms with E-state index >= 15 is 0 Å². The molecule has 0 amide bonds. The Morgan fingerprint density at radius 2 is 1.66 bits per heavy atom. The lowest BCUT2D eigenvalue weighted by Crippen LogP contribution is -2.15. The van der Waals surface area contributed by atoms with E-state index in [4.69, 9.17) is 5.11 Å². The number of fused-ring (bicyclic) bond motifs is 1. The third-order valence-electron chi connectivity index (χ3n) is 6.66. The van der Waals surface area contributed by atoms with Crippen molar-refractivity contribution in [3.63, 3.8) is 0 Å². The molecule has 0 atom stereocenters. The standard InChI is InChI=1S/C28H25NO3/c1-19-5-7-20(8-6-19)18-29-16-13-21-3-2-4-24(26(21)29)25(30)17-28(14-15-28)23-11-9-22(10-12-23)27(31)32/h2-13,16H,14-15,17-18H2,1H3,(H,31,32). The van der Waals surface area contributed by atoms with Crippen LogP contribution in [0.1, 0.15) is 56.7 Å². The molecule has 4 heteroatoms. The van der Waals surface area contributed by atoms with Crippen LogP contribution in [0.2, 0.25) is 0 Å². The lowest BCUT2D eigenvalue weighted by molar-refractivity contribution is 0.0696. The summed E-state index contributed by atoms with van der Waals surface area (Å²) >= 11 is 0. The number of carboxylic acid groups (broad SMARTS) is 1. The van der Waals surface area contributed by atoms with Crippen LogP contribution in [0.15, 0.2) is 79.0 Å². The monoisotopic (exact) mass is 423 g/mol. The van der Waals surface area contributed by atoms with Crippen molar-refractivity contribution >= 4 is 22.7 Å². The Morgan fingerprint density at radius 1 is 0.938 bits per heavy atom. The number of aromatic nitrogens is 1. The number of rotatable bonds is 7. The lowest BCUT2D eigenvalue weighted by Gasteiger charge is -2.16. The van der Waals surface area contributed by atoms with E-state index in [1.54, 1.807) is 12.1 Å². The molecule has 1 heterocycles. The Morgan fingerprint density at radius 3 is 2.31 bits per heavy atom. The van der Waals surface area contributed by atoms with Crippen molar-refractivity contribution in [3.05, 3.63) is 107 Å². The summed E-state index contributed by atoms with van der Waals surface area (Å²) < 4.78 is 2.16. The van der Waals surface area contributed by atoms with E-state index < -0.39 is 5.97 Å². The second-order valence-corrected chi connectivity index (χ2v) is 8.94. The van der Waals surface area contributed by atoms with Crippen LogP contribution >= 0.6 is 0 Å². The first-order valence-electron chi connectivity index (χ1n) is 11.0. The van der Waals surface area contributed by atoms with Gasteiger partial charge in [0.15, 0.2) is 5.78 Å². The summed E-state index contributed by atoms with van der Waals surface area (Å²) in [6, 6.07) is 23.5. The SMILES string of the molecule is Cc1ccc(Cn2ccc3cccc(C(=O)CC4(c5ccc(C(=O)O)cc5)CC4)c32)cc1. The highest BCUT2D eigenvalue weighted by Gasteiger charge is 2.46. The van der Waals surface area contributed by atoms with Crippen LogP contribution in [0.3, 0.4) is 0 Å². The summed E-state index contributed by atoms with van der Waals surface area (Å²) in [5.41, 5.74) is 5.32. The number of nitrogens with zero attached hydrogens (tertiary/aromatic N) is 1. The Labute approximate surface area is 187 Å². The highest BCUT2D eigenvalue weighted by Crippen LogP contribution is 2.51. The Kier molecular flexibility index (Phi) is 4.93. The normalized spacial score (nSPS) is 14.4. The first-order valence-corrected chi connectivity index (χ1v) is 11.0. The maximum absolute atomic E-state index is 13.5. The minimum Gasteiger partial charge on any atom is -0.478 e. The zero-order valence-electron chi connectivity index (χ0n) is 18.0. The van der Waals surface area contributed by atoms with Gasteiger partial charge >= 0.3 is 5.97 Å². The molecule has 0 saturated heterocycles. The third kappa shape index (κ3) is 3.73. The van der Waals surface area contributed by atoms with Crippen molar-refractivity contribution in [2.45, 2.75) is 38.1 Å². The number of hydrogen-bond acceptors (Lipinski definition) is 2. The average molecular weight is 424 g/mol. The molecule has 1 saturated carbocycles. The molecule has 4 aromatic rings. The van der Waals surface area contributed by atoms with Crippen LogP contribution in [-0.2, 0) is 12.0 Å². The van der Waals surface area contributed by atoms with Gasteiger partial charge in [0.2, 0.25) is 0 Å². The van der Waals surface area contributed by atoms with Crippen LogP contribution < -0.4 is 0 Å². The number of Topliss-reactive ketones (excluding diaryl/α,β-unsaturated/α-hetero) is 1. The van der Waals surface area contributed by atoms with E-state index in [1.807, 2.05) is 24.3 Å². The number of carbonyl (C=O) groups is 2. The van der Waals surface area contributed by atoms with Gasteiger partial charge in [-0.2, -0.15) is 0 Å². The fraction of sp³-hybridized carbons (Fsp3) is 0.214. The first kappa shape index (κ1) is 20.3. The van der Waals surface area contributed by atoms with Crippen LogP contribution in [0.25, 0.3) is 10.9 Å². The molecule has 0 aliphatic heterocycles. The molecule has 4 nitrogen and oxygen atoms in total. The molecule has 1 fully saturated rings. The molecule has 160 valence electrons. The van der Waals surface area contributed by atoms with Gasteiger partial charge in [0.1, 0.15) is 0 Å². The van der Waals surface area contributed by atoms with E-state index in [0.717, 1.165) is 41.4 Å². The highest BCUT2D eigenvalue weighted by atomic mass is 16.4. The predicted octanol–water partition coefficient (Wildman–Crippen LogP) is 6.00. The molecule has 1 N–H and O–H groups in total. The third-order valence-corrected chi connectivity index (χ3v) is 6.66. The second-order valence-electron chi connectivity index (χ2n) is 8.94. The number of carboxylic acids is 1. The topological polar surface area (TPSA) is 59.3 Å². The van der Waals surface area contributed by atoms with Crippen molar-refractivity contribution in [2.75, 3.05) is 0 Å². The predicted molar refractivity (Wildman–Crippen MR) is 125 cm³/mol. The van der Waals surface area contributed by atoms with Gasteiger partial charge in [-0.25, -0.2) is 4.79 Å². The lowest BCUT2D eigenvalue weighted by atomic mass is 9.87. The van der Waals surface area contributed by atoms with E-state index in [-0.39, 0.29) is 16.8 Å². The average Bonchev–Trinajstić information content (AvgIpc) is 3.47. The van der Waals surface area contributed by atoms with Crippen molar-refractivity contribution < 1.29 is 14.7 Å². The molecule has 1 aliphatic carbocycles. The van der Waals surface area contributed by atoms with Crippen LogP contribution in [-0.4, -0.2) is 21.4 Å². The van der Waals surface area contributed by atoms with E-state index in [1.165, 1.54) is 11.1 Å². The molecule has 0 bridgehead atoms. The molecule has 1 aromatic heterocycles. The first-order chi connectivity index (χ1) is 15.4. The minimum absolute atomic E-state index is 0.138. The van der Waals surface area contributed by atoms with Gasteiger partial charge in [-0.1, -0.05) is 54.1 Å². The number of ketones is 1. The quantitative estimate of drug-likeness (QED) is 0.371. The minimum atomic E-state index is -0.932. The van der Waals surface area contributed by atoms with Crippen molar-refractivity contribution in [3.8, 4) is 0 Å². The maximum Gasteiger partial charge on any atom is 0.335 e. The molecule has 0 unspecified atom stereocenters. The van der Waals surface area contributed by atoms with E-state index in [9.17, 15) is 9.59 Å². The fourth-order valence-corrected chi connectivity index (χ4v) is 4.60. The van der Waals surface area contributed by atoms with Crippen molar-refractivity contribution in [2.24, 2.45) is 0 Å². The van der Waals surface area contributed by atoms with Gasteiger partial charge < -0.3 is 9.67 Å². The van der Waals surface area contributed by atoms with Gasteiger partial charge in [-0.3, -0.25) is 4.79 Å². The highest BCUT2D eigenvalue weighted by molar-refractivity contribution is 6.07. The molecule has 3 aromatic carbocycles. The van der Waals surface area contributed by atoms with Crippen molar-refractivity contribution in [1.29, 1.82) is 0 Å². The number of aryl methyl sites for hydroxylation is 1. The summed E-state index contributed by atoms with van der Waals surface area (Å²) in [5.74, 6) is -0.794. The van der Waals surface area contributed by atoms with Crippen LogP contribution in [0.4, 0.5) is 0 Å². The number of hydrogen-bond donors (Lipinski definition) is 1. The summed E-state index contributed by atoms with van der Waals surface area (Å²) in [5, 5.41) is 10.2. The Balaban J connectivity index is 1.44. The van der Waals surface area contributed by atoms with Gasteiger partial charge in [0.05, 0.1) is 11.1 Å². The van der Waals surface area contributed by atoms with E-state index in [2.05, 4.69) is 54.1 Å². The molecule has 5 rings (SSSR count). The Hall–Kier alpha value is -3.66. The number of carbonyl (C=O) groups excluding carboxylic acids is 1. The number of aromatic carboxylic acids is 1. The summed E-state index contributed by atoms with van der Waals surface area (Å²) in [6.07, 6.45) is 4.39. The molecule has 0 radical (unpaired) electrons. The number of benzene rings is 3. The maximum atomic E-state index is 13.5. The van der Waals surface area contributed by atoms with E-state index in [0.29, 0.717) is 6.42 Å². The van der Waals surface area contributed by atoms with Crippen molar-refractivity contribution in [1.82, 2.24) is 4.57 Å².